The van der Waals surface area contributed by atoms with Crippen LogP contribution in [-0.4, -0.2) is 25.4 Å². The van der Waals surface area contributed by atoms with Gasteiger partial charge in [0.2, 0.25) is 0 Å². The number of aliphatic hydroxyl groups is 1. The first-order chi connectivity index (χ1) is 8.29. The van der Waals surface area contributed by atoms with Crippen molar-refractivity contribution in [3.8, 4) is 0 Å². The lowest BCUT2D eigenvalue weighted by molar-refractivity contribution is 0.00936. The molecular weight excluding hydrogens is 252 g/mol. The summed E-state index contributed by atoms with van der Waals surface area (Å²) in [6.45, 7) is 4.63. The third kappa shape index (κ3) is 3.80. The Hall–Kier alpha value is -0.910. The highest BCUT2D eigenvalue weighted by Gasteiger charge is 2.28. The topological polar surface area (TPSA) is 63.6 Å². The maximum atomic E-state index is 11.7. The summed E-state index contributed by atoms with van der Waals surface area (Å²) in [4.78, 5) is 0. The van der Waals surface area contributed by atoms with E-state index in [-0.39, 0.29) is 6.61 Å². The van der Waals surface area contributed by atoms with Crippen molar-refractivity contribution in [2.24, 2.45) is 0 Å². The first kappa shape index (κ1) is 15.1. The first-order valence-corrected chi connectivity index (χ1v) is 7.43. The molecule has 0 bridgehead atoms. The van der Waals surface area contributed by atoms with Gasteiger partial charge in [-0.15, -0.1) is 0 Å². The van der Waals surface area contributed by atoms with Gasteiger partial charge >= 0.3 is 0 Å². The molecule has 0 aliphatic carbocycles. The standard InChI is InChI=1S/C13H20O4S/c1-4-11(2)18(15,16)17-10-13(3,14)12-8-6-5-7-9-12/h5-9,11,14H,4,10H2,1-3H3. The molecule has 0 radical (unpaired) electrons. The SMILES string of the molecule is CCC(C)S(=O)(=O)OCC(C)(O)c1ccccc1. The number of hydrogen-bond donors (Lipinski definition) is 1. The molecule has 0 heterocycles. The van der Waals surface area contributed by atoms with E-state index in [0.717, 1.165) is 0 Å². The summed E-state index contributed by atoms with van der Waals surface area (Å²) in [6.07, 6.45) is 0.482. The van der Waals surface area contributed by atoms with Gasteiger partial charge in [0.05, 0.1) is 11.9 Å². The third-order valence-corrected chi connectivity index (χ3v) is 4.73. The molecule has 1 N–H and O–H groups in total. The number of rotatable bonds is 6. The van der Waals surface area contributed by atoms with Gasteiger partial charge in [0.1, 0.15) is 5.60 Å². The number of hydrogen-bond acceptors (Lipinski definition) is 4. The summed E-state index contributed by atoms with van der Waals surface area (Å²) >= 11 is 0. The van der Waals surface area contributed by atoms with Crippen LogP contribution in [-0.2, 0) is 19.9 Å². The Morgan fingerprint density at radius 2 is 1.89 bits per heavy atom. The predicted molar refractivity (Wildman–Crippen MR) is 70.6 cm³/mol. The predicted octanol–water partition coefficient (Wildman–Crippen LogP) is 2.04. The van der Waals surface area contributed by atoms with Crippen LogP contribution in [0.2, 0.25) is 0 Å². The fourth-order valence-electron chi connectivity index (χ4n) is 1.40. The van der Waals surface area contributed by atoms with E-state index in [0.29, 0.717) is 12.0 Å². The maximum Gasteiger partial charge on any atom is 0.270 e. The van der Waals surface area contributed by atoms with Crippen molar-refractivity contribution in [3.63, 3.8) is 0 Å². The Balaban J connectivity index is 2.74. The molecule has 18 heavy (non-hydrogen) atoms. The minimum Gasteiger partial charge on any atom is -0.383 e. The highest BCUT2D eigenvalue weighted by Crippen LogP contribution is 2.22. The van der Waals surface area contributed by atoms with Crippen molar-refractivity contribution in [1.29, 1.82) is 0 Å². The van der Waals surface area contributed by atoms with Crippen LogP contribution in [0.4, 0.5) is 0 Å². The Morgan fingerprint density at radius 1 is 1.33 bits per heavy atom. The summed E-state index contributed by atoms with van der Waals surface area (Å²) in [5.74, 6) is 0. The molecule has 5 heteroatoms. The maximum absolute atomic E-state index is 11.7. The van der Waals surface area contributed by atoms with Gasteiger partial charge in [0, 0.05) is 0 Å². The van der Waals surface area contributed by atoms with Gasteiger partial charge < -0.3 is 5.11 Å². The van der Waals surface area contributed by atoms with Crippen LogP contribution in [0, 0.1) is 0 Å². The molecule has 1 rings (SSSR count). The van der Waals surface area contributed by atoms with Crippen LogP contribution in [0.5, 0.6) is 0 Å². The summed E-state index contributed by atoms with van der Waals surface area (Å²) in [5, 5.41) is 9.65. The van der Waals surface area contributed by atoms with E-state index >= 15 is 0 Å². The van der Waals surface area contributed by atoms with E-state index in [1.165, 1.54) is 6.92 Å². The van der Waals surface area contributed by atoms with Crippen molar-refractivity contribution < 1.29 is 17.7 Å². The summed E-state index contributed by atoms with van der Waals surface area (Å²) in [6, 6.07) is 8.87. The van der Waals surface area contributed by atoms with E-state index in [9.17, 15) is 13.5 Å². The first-order valence-electron chi connectivity index (χ1n) is 5.95. The molecule has 1 aromatic carbocycles. The molecule has 0 amide bonds. The van der Waals surface area contributed by atoms with Crippen LogP contribution < -0.4 is 0 Å². The minimum atomic E-state index is -3.61. The highest BCUT2D eigenvalue weighted by molar-refractivity contribution is 7.87. The molecular formula is C13H20O4S. The monoisotopic (exact) mass is 272 g/mol. The average molecular weight is 272 g/mol. The van der Waals surface area contributed by atoms with Crippen molar-refractivity contribution in [2.75, 3.05) is 6.61 Å². The molecule has 0 aliphatic rings. The minimum absolute atomic E-state index is 0.274. The Bertz CT molecular complexity index is 465. The zero-order chi connectivity index (χ0) is 13.8. The summed E-state index contributed by atoms with van der Waals surface area (Å²) in [5.41, 5.74) is -0.689. The second-order valence-electron chi connectivity index (χ2n) is 4.61. The smallest absolute Gasteiger partial charge is 0.270 e. The third-order valence-electron chi connectivity index (χ3n) is 2.97. The lowest BCUT2D eigenvalue weighted by Crippen LogP contribution is -2.31. The molecule has 0 saturated carbocycles. The largest absolute Gasteiger partial charge is 0.383 e. The van der Waals surface area contributed by atoms with Gasteiger partial charge in [-0.1, -0.05) is 37.3 Å². The fraction of sp³-hybridized carbons (Fsp3) is 0.538. The Morgan fingerprint density at radius 3 is 2.39 bits per heavy atom. The average Bonchev–Trinajstić information content (AvgIpc) is 2.36. The summed E-state index contributed by atoms with van der Waals surface area (Å²) < 4.78 is 28.3. The second kappa shape index (κ2) is 5.82. The highest BCUT2D eigenvalue weighted by atomic mass is 32.2. The van der Waals surface area contributed by atoms with E-state index < -0.39 is 21.0 Å². The van der Waals surface area contributed by atoms with E-state index in [4.69, 9.17) is 4.18 Å². The lowest BCUT2D eigenvalue weighted by atomic mass is 9.97. The normalized spacial score (nSPS) is 17.1. The molecule has 102 valence electrons. The van der Waals surface area contributed by atoms with Crippen LogP contribution in [0.15, 0.2) is 30.3 Å². The van der Waals surface area contributed by atoms with Crippen molar-refractivity contribution in [1.82, 2.24) is 0 Å². The van der Waals surface area contributed by atoms with Gasteiger partial charge in [0.25, 0.3) is 10.1 Å². The summed E-state index contributed by atoms with van der Waals surface area (Å²) in [7, 11) is -3.61. The Kier molecular flexibility index (Phi) is 4.90. The van der Waals surface area contributed by atoms with E-state index in [1.54, 1.807) is 38.1 Å². The number of benzene rings is 1. The van der Waals surface area contributed by atoms with Gasteiger partial charge in [-0.25, -0.2) is 0 Å². The Labute approximate surface area is 109 Å². The molecule has 0 saturated heterocycles. The van der Waals surface area contributed by atoms with Crippen LogP contribution in [0.1, 0.15) is 32.8 Å². The molecule has 0 spiro atoms. The van der Waals surface area contributed by atoms with Gasteiger partial charge in [-0.2, -0.15) is 8.42 Å². The molecule has 1 aromatic rings. The van der Waals surface area contributed by atoms with Gasteiger partial charge in [0.15, 0.2) is 0 Å². The van der Waals surface area contributed by atoms with Gasteiger partial charge in [-0.05, 0) is 25.8 Å². The van der Waals surface area contributed by atoms with Crippen molar-refractivity contribution in [3.05, 3.63) is 35.9 Å². The van der Waals surface area contributed by atoms with Crippen molar-refractivity contribution in [2.45, 2.75) is 38.0 Å². The molecule has 2 atom stereocenters. The molecule has 0 aliphatic heterocycles. The van der Waals surface area contributed by atoms with Gasteiger partial charge in [-0.3, -0.25) is 4.18 Å². The quantitative estimate of drug-likeness (QED) is 0.805. The molecule has 0 aromatic heterocycles. The van der Waals surface area contributed by atoms with E-state index in [1.807, 2.05) is 6.07 Å². The lowest BCUT2D eigenvalue weighted by Gasteiger charge is -2.24. The van der Waals surface area contributed by atoms with Crippen LogP contribution in [0.25, 0.3) is 0 Å². The molecule has 4 nitrogen and oxygen atoms in total. The fourth-order valence-corrected chi connectivity index (χ4v) is 2.43. The zero-order valence-corrected chi connectivity index (χ0v) is 11.8. The molecule has 0 fully saturated rings. The second-order valence-corrected chi connectivity index (χ2v) is 6.64. The van der Waals surface area contributed by atoms with Crippen LogP contribution >= 0.6 is 0 Å². The molecule has 2 unspecified atom stereocenters. The van der Waals surface area contributed by atoms with Crippen LogP contribution in [0.3, 0.4) is 0 Å². The van der Waals surface area contributed by atoms with E-state index in [2.05, 4.69) is 0 Å². The van der Waals surface area contributed by atoms with Crippen molar-refractivity contribution >= 4 is 10.1 Å². The zero-order valence-electron chi connectivity index (χ0n) is 11.0.